The van der Waals surface area contributed by atoms with Crippen molar-refractivity contribution >= 4 is 13.2 Å². The number of amides is 1. The van der Waals surface area contributed by atoms with E-state index in [0.717, 1.165) is 29.1 Å². The van der Waals surface area contributed by atoms with Crippen molar-refractivity contribution in [2.24, 2.45) is 5.92 Å². The van der Waals surface area contributed by atoms with Gasteiger partial charge in [0.2, 0.25) is 5.91 Å². The van der Waals surface area contributed by atoms with E-state index in [1.807, 2.05) is 88.6 Å². The Balaban J connectivity index is 1.84. The summed E-state index contributed by atoms with van der Waals surface area (Å²) in [6, 6.07) is 19.4. The number of nitrogens with zero attached hydrogens (tertiary/aromatic N) is 3. The molecule has 3 aromatic rings. The van der Waals surface area contributed by atoms with E-state index in [1.54, 1.807) is 4.68 Å². The number of rotatable bonds is 13. The molecule has 1 heterocycles. The number of nitrogens with one attached hydrogen (secondary N) is 1. The van der Waals surface area contributed by atoms with Crippen LogP contribution in [0.1, 0.15) is 20.3 Å². The number of hydrogen-bond acceptors (Lipinski definition) is 7. The molecule has 2 aromatic carbocycles. The first-order chi connectivity index (χ1) is 17.2. The molecule has 0 aliphatic rings. The van der Waals surface area contributed by atoms with Crippen molar-refractivity contribution in [1.82, 2.24) is 20.0 Å². The second kappa shape index (κ2) is 13.2. The molecule has 10 heteroatoms. The van der Waals surface area contributed by atoms with E-state index in [-0.39, 0.29) is 18.4 Å². The molecule has 3 N–H and O–H groups in total. The van der Waals surface area contributed by atoms with E-state index in [2.05, 4.69) is 10.2 Å². The highest BCUT2D eigenvalue weighted by Crippen LogP contribution is 2.28. The van der Waals surface area contributed by atoms with E-state index in [4.69, 9.17) is 14.5 Å². The molecule has 0 fully saturated rings. The van der Waals surface area contributed by atoms with Gasteiger partial charge in [0.1, 0.15) is 25.1 Å². The highest BCUT2D eigenvalue weighted by molar-refractivity contribution is 6.32. The minimum Gasteiger partial charge on any atom is -0.492 e. The lowest BCUT2D eigenvalue weighted by molar-refractivity contribution is -0.125. The van der Waals surface area contributed by atoms with E-state index >= 15 is 0 Å². The summed E-state index contributed by atoms with van der Waals surface area (Å²) in [5.41, 5.74) is 3.28. The number of hydrogen-bond donors (Lipinski definition) is 3. The lowest BCUT2D eigenvalue weighted by atomic mass is 10.1. The van der Waals surface area contributed by atoms with Crippen LogP contribution in [0.5, 0.6) is 5.75 Å². The van der Waals surface area contributed by atoms with Gasteiger partial charge in [-0.3, -0.25) is 9.48 Å². The number of benzene rings is 2. The zero-order chi connectivity index (χ0) is 26.1. The first-order valence-corrected chi connectivity index (χ1v) is 12.0. The molecular weight excluding hydrogens is 459 g/mol. The van der Waals surface area contributed by atoms with Gasteiger partial charge in [-0.2, -0.15) is 5.10 Å². The molecular formula is C26H35BN4O5. The molecule has 36 heavy (non-hydrogen) atoms. The minimum atomic E-state index is -1.97. The van der Waals surface area contributed by atoms with Crippen LogP contribution in [0, 0.1) is 5.92 Å². The molecule has 0 saturated carbocycles. The lowest BCUT2D eigenvalue weighted by Crippen LogP contribution is -2.43. The van der Waals surface area contributed by atoms with E-state index < -0.39 is 13.5 Å². The molecule has 0 aliphatic heterocycles. The van der Waals surface area contributed by atoms with Crippen molar-refractivity contribution in [3.63, 3.8) is 0 Å². The standard InChI is InChI=1S/C26H35BN4O5/c1-19(2)15-26(36-27(33)34)28-25(32)18-31-24(20-9-6-5-7-10-20)17-23(29-31)21-11-8-12-22(16-21)35-14-13-30(3)4/h5-12,16-17,19,26,33-34H,13-15,18H2,1-4H3,(H,28,32). The fourth-order valence-electron chi connectivity index (χ4n) is 3.70. The molecule has 0 aliphatic carbocycles. The molecule has 0 saturated heterocycles. The average Bonchev–Trinajstić information content (AvgIpc) is 3.22. The van der Waals surface area contributed by atoms with Crippen molar-refractivity contribution < 1.29 is 24.2 Å². The van der Waals surface area contributed by atoms with Gasteiger partial charge >= 0.3 is 7.32 Å². The van der Waals surface area contributed by atoms with Crippen molar-refractivity contribution in [3.8, 4) is 28.3 Å². The highest BCUT2D eigenvalue weighted by Gasteiger charge is 2.22. The summed E-state index contributed by atoms with van der Waals surface area (Å²) < 4.78 is 12.6. The predicted octanol–water partition coefficient (Wildman–Crippen LogP) is 2.63. The second-order valence-electron chi connectivity index (χ2n) is 9.27. The smallest absolute Gasteiger partial charge is 0.492 e. The van der Waals surface area contributed by atoms with Crippen LogP contribution in [-0.4, -0.2) is 71.4 Å². The quantitative estimate of drug-likeness (QED) is 0.248. The molecule has 0 radical (unpaired) electrons. The Labute approximate surface area is 212 Å². The highest BCUT2D eigenvalue weighted by atomic mass is 16.6. The van der Waals surface area contributed by atoms with Gasteiger partial charge in [0.25, 0.3) is 0 Å². The van der Waals surface area contributed by atoms with Crippen LogP contribution in [0.2, 0.25) is 0 Å². The number of carbonyl (C=O) groups is 1. The zero-order valence-corrected chi connectivity index (χ0v) is 21.3. The van der Waals surface area contributed by atoms with E-state index in [9.17, 15) is 14.8 Å². The first-order valence-electron chi connectivity index (χ1n) is 12.0. The molecule has 9 nitrogen and oxygen atoms in total. The van der Waals surface area contributed by atoms with Crippen LogP contribution in [-0.2, 0) is 16.0 Å². The van der Waals surface area contributed by atoms with Crippen LogP contribution in [0.25, 0.3) is 22.5 Å². The Morgan fingerprint density at radius 2 is 1.81 bits per heavy atom. The van der Waals surface area contributed by atoms with Crippen molar-refractivity contribution in [2.45, 2.75) is 33.0 Å². The van der Waals surface area contributed by atoms with E-state index in [1.165, 1.54) is 0 Å². The number of likely N-dealkylation sites (N-methyl/N-ethyl adjacent to an activating group) is 1. The Morgan fingerprint density at radius 1 is 1.08 bits per heavy atom. The van der Waals surface area contributed by atoms with Gasteiger partial charge in [0.15, 0.2) is 0 Å². The summed E-state index contributed by atoms with van der Waals surface area (Å²) in [7, 11) is 2.02. The van der Waals surface area contributed by atoms with Gasteiger partial charge in [0.05, 0.1) is 11.4 Å². The van der Waals surface area contributed by atoms with Crippen LogP contribution >= 0.6 is 0 Å². The Morgan fingerprint density at radius 3 is 2.47 bits per heavy atom. The number of ether oxygens (including phenoxy) is 1. The SMILES string of the molecule is CC(C)CC(NC(=O)Cn1nc(-c2cccc(OCCN(C)C)c2)cc1-c1ccccc1)OB(O)O. The summed E-state index contributed by atoms with van der Waals surface area (Å²) in [6.45, 7) is 5.22. The third-order valence-electron chi connectivity index (χ3n) is 5.37. The van der Waals surface area contributed by atoms with E-state index in [0.29, 0.717) is 18.7 Å². The van der Waals surface area contributed by atoms with Gasteiger partial charge in [-0.15, -0.1) is 0 Å². The van der Waals surface area contributed by atoms with Gasteiger partial charge in [0, 0.05) is 12.1 Å². The topological polar surface area (TPSA) is 109 Å². The minimum absolute atomic E-state index is 0.0667. The van der Waals surface area contributed by atoms with Crippen molar-refractivity contribution in [2.75, 3.05) is 27.2 Å². The molecule has 0 spiro atoms. The predicted molar refractivity (Wildman–Crippen MR) is 140 cm³/mol. The summed E-state index contributed by atoms with van der Waals surface area (Å²) >= 11 is 0. The summed E-state index contributed by atoms with van der Waals surface area (Å²) in [4.78, 5) is 15.0. The first kappa shape index (κ1) is 27.4. The van der Waals surface area contributed by atoms with Gasteiger partial charge in [-0.25, -0.2) is 0 Å². The normalized spacial score (nSPS) is 12.1. The lowest BCUT2D eigenvalue weighted by Gasteiger charge is -2.21. The Kier molecular flexibility index (Phi) is 10.1. The van der Waals surface area contributed by atoms with Crippen LogP contribution < -0.4 is 10.1 Å². The molecule has 1 atom stereocenters. The molecule has 192 valence electrons. The summed E-state index contributed by atoms with van der Waals surface area (Å²) in [6.07, 6.45) is -0.399. The van der Waals surface area contributed by atoms with Crippen LogP contribution in [0.4, 0.5) is 0 Å². The van der Waals surface area contributed by atoms with Gasteiger partial charge < -0.3 is 29.7 Å². The maximum Gasteiger partial charge on any atom is 0.635 e. The largest absolute Gasteiger partial charge is 0.635 e. The van der Waals surface area contributed by atoms with Gasteiger partial charge in [-0.05, 0) is 50.2 Å². The fourth-order valence-corrected chi connectivity index (χ4v) is 3.70. The third kappa shape index (κ3) is 8.49. The van der Waals surface area contributed by atoms with Crippen LogP contribution in [0.3, 0.4) is 0 Å². The fraction of sp³-hybridized carbons (Fsp3) is 0.385. The average molecular weight is 494 g/mol. The molecule has 0 bridgehead atoms. The molecule has 1 unspecified atom stereocenters. The van der Waals surface area contributed by atoms with Crippen molar-refractivity contribution in [1.29, 1.82) is 0 Å². The molecule has 1 amide bonds. The van der Waals surface area contributed by atoms with Gasteiger partial charge in [-0.1, -0.05) is 56.3 Å². The number of aromatic nitrogens is 2. The molecule has 1 aromatic heterocycles. The number of carbonyl (C=O) groups excluding carboxylic acids is 1. The second-order valence-corrected chi connectivity index (χ2v) is 9.27. The summed E-state index contributed by atoms with van der Waals surface area (Å²) in [5.74, 6) is 0.575. The third-order valence-corrected chi connectivity index (χ3v) is 5.37. The molecule has 3 rings (SSSR count). The van der Waals surface area contributed by atoms with Crippen LogP contribution in [0.15, 0.2) is 60.7 Å². The monoisotopic (exact) mass is 494 g/mol. The Bertz CT molecular complexity index is 1090. The summed E-state index contributed by atoms with van der Waals surface area (Å²) in [5, 5.41) is 25.9. The van der Waals surface area contributed by atoms with Crippen molar-refractivity contribution in [3.05, 3.63) is 60.7 Å². The maximum atomic E-state index is 12.9. The Hall–Kier alpha value is -3.18. The zero-order valence-electron chi connectivity index (χ0n) is 21.3. The maximum absolute atomic E-state index is 12.9.